The van der Waals surface area contributed by atoms with E-state index in [1.54, 1.807) is 7.11 Å². The van der Waals surface area contributed by atoms with Gasteiger partial charge in [0.2, 0.25) is 5.91 Å². The van der Waals surface area contributed by atoms with E-state index < -0.39 is 0 Å². The molecule has 0 radical (unpaired) electrons. The van der Waals surface area contributed by atoms with E-state index in [4.69, 9.17) is 4.74 Å². The van der Waals surface area contributed by atoms with Gasteiger partial charge in [0.05, 0.1) is 19.2 Å². The van der Waals surface area contributed by atoms with Crippen molar-refractivity contribution in [2.75, 3.05) is 25.1 Å². The molecule has 0 spiro atoms. The van der Waals surface area contributed by atoms with Crippen LogP contribution in [0.5, 0.6) is 5.75 Å². The number of nitrogens with one attached hydrogen (secondary N) is 1. The molecule has 0 bridgehead atoms. The highest BCUT2D eigenvalue weighted by Crippen LogP contribution is 2.22. The van der Waals surface area contributed by atoms with Crippen LogP contribution < -0.4 is 15.0 Å². The van der Waals surface area contributed by atoms with Gasteiger partial charge in [-0.05, 0) is 38.1 Å². The zero-order valence-corrected chi connectivity index (χ0v) is 10.5. The average Bonchev–Trinajstić information content (AvgIpc) is 2.26. The summed E-state index contributed by atoms with van der Waals surface area (Å²) in [5.74, 6) is 0.895. The Morgan fingerprint density at radius 1 is 1.29 bits per heavy atom. The second-order valence-electron chi connectivity index (χ2n) is 4.99. The van der Waals surface area contributed by atoms with E-state index >= 15 is 0 Å². The lowest BCUT2D eigenvalue weighted by atomic mass is 10.0. The van der Waals surface area contributed by atoms with Crippen LogP contribution in [0.1, 0.15) is 13.8 Å². The molecule has 0 aliphatic carbocycles. The van der Waals surface area contributed by atoms with Crippen LogP contribution in [-0.4, -0.2) is 31.6 Å². The average molecular weight is 234 g/mol. The van der Waals surface area contributed by atoms with Crippen LogP contribution in [0.3, 0.4) is 0 Å². The van der Waals surface area contributed by atoms with Gasteiger partial charge in [0, 0.05) is 12.2 Å². The third-order valence-corrected chi connectivity index (χ3v) is 2.84. The highest BCUT2D eigenvalue weighted by atomic mass is 16.5. The van der Waals surface area contributed by atoms with E-state index in [0.717, 1.165) is 18.0 Å². The Balaban J connectivity index is 2.18. The number of anilines is 1. The Morgan fingerprint density at radius 3 is 2.47 bits per heavy atom. The second-order valence-corrected chi connectivity index (χ2v) is 4.99. The topological polar surface area (TPSA) is 41.6 Å². The molecule has 1 aliphatic rings. The summed E-state index contributed by atoms with van der Waals surface area (Å²) in [6, 6.07) is 7.78. The van der Waals surface area contributed by atoms with Gasteiger partial charge in [-0.2, -0.15) is 0 Å². The molecule has 1 saturated heterocycles. The second kappa shape index (κ2) is 4.28. The van der Waals surface area contributed by atoms with Gasteiger partial charge >= 0.3 is 0 Å². The molecule has 0 atom stereocenters. The maximum Gasteiger partial charge on any atom is 0.239 e. The van der Waals surface area contributed by atoms with Gasteiger partial charge in [0.1, 0.15) is 5.75 Å². The Morgan fingerprint density at radius 2 is 1.94 bits per heavy atom. The Kier molecular flexibility index (Phi) is 2.96. The number of carbonyl (C=O) groups excluding carboxylic acids is 1. The van der Waals surface area contributed by atoms with Gasteiger partial charge in [-0.1, -0.05) is 0 Å². The fourth-order valence-corrected chi connectivity index (χ4v) is 2.14. The van der Waals surface area contributed by atoms with Gasteiger partial charge in [-0.25, -0.2) is 0 Å². The first-order valence-electron chi connectivity index (χ1n) is 5.70. The number of nitrogens with zero attached hydrogens (tertiary/aromatic N) is 1. The number of hydrogen-bond donors (Lipinski definition) is 1. The Bertz CT molecular complexity index is 412. The quantitative estimate of drug-likeness (QED) is 0.841. The van der Waals surface area contributed by atoms with Crippen LogP contribution in [0.4, 0.5) is 5.69 Å². The van der Waals surface area contributed by atoms with E-state index in [9.17, 15) is 4.79 Å². The predicted molar refractivity (Wildman–Crippen MR) is 67.4 cm³/mol. The predicted octanol–water partition coefficient (Wildman–Crippen LogP) is 1.41. The normalized spacial score (nSPS) is 18.8. The fraction of sp³-hybridized carbons (Fsp3) is 0.462. The Labute approximate surface area is 102 Å². The van der Waals surface area contributed by atoms with Crippen molar-refractivity contribution in [1.82, 2.24) is 5.32 Å². The molecule has 1 heterocycles. The number of benzene rings is 1. The molecule has 1 aromatic carbocycles. The zero-order valence-electron chi connectivity index (χ0n) is 10.5. The maximum atomic E-state index is 11.6. The summed E-state index contributed by atoms with van der Waals surface area (Å²) in [5.41, 5.74) is 0.864. The number of methoxy groups -OCH3 is 1. The highest BCUT2D eigenvalue weighted by Gasteiger charge is 2.30. The molecular formula is C13H18N2O2. The first-order valence-corrected chi connectivity index (χ1v) is 5.70. The number of ether oxygens (including phenoxy) is 1. The monoisotopic (exact) mass is 234 g/mol. The van der Waals surface area contributed by atoms with Crippen molar-refractivity contribution in [2.24, 2.45) is 0 Å². The smallest absolute Gasteiger partial charge is 0.239 e. The van der Waals surface area contributed by atoms with E-state index in [-0.39, 0.29) is 11.4 Å². The van der Waals surface area contributed by atoms with Crippen LogP contribution in [-0.2, 0) is 4.79 Å². The molecule has 4 heteroatoms. The summed E-state index contributed by atoms with van der Waals surface area (Å²) < 4.78 is 5.12. The molecule has 1 amide bonds. The molecule has 1 fully saturated rings. The molecular weight excluding hydrogens is 216 g/mol. The first-order chi connectivity index (χ1) is 8.00. The van der Waals surface area contributed by atoms with E-state index in [1.165, 1.54) is 0 Å². The van der Waals surface area contributed by atoms with Crippen LogP contribution in [0.2, 0.25) is 0 Å². The SMILES string of the molecule is COc1ccc(N2CC(=O)NC(C)(C)C2)cc1. The van der Waals surface area contributed by atoms with Crippen LogP contribution in [0, 0.1) is 0 Å². The highest BCUT2D eigenvalue weighted by molar-refractivity contribution is 5.83. The molecule has 92 valence electrons. The van der Waals surface area contributed by atoms with E-state index in [1.807, 2.05) is 38.1 Å². The number of carbonyl (C=O) groups is 1. The van der Waals surface area contributed by atoms with E-state index in [2.05, 4.69) is 10.2 Å². The summed E-state index contributed by atoms with van der Waals surface area (Å²) in [7, 11) is 1.65. The van der Waals surface area contributed by atoms with Crippen LogP contribution in [0.15, 0.2) is 24.3 Å². The lowest BCUT2D eigenvalue weighted by Gasteiger charge is -2.39. The minimum atomic E-state index is -0.185. The number of amides is 1. The molecule has 4 nitrogen and oxygen atoms in total. The summed E-state index contributed by atoms with van der Waals surface area (Å²) in [6.07, 6.45) is 0. The third kappa shape index (κ3) is 2.70. The van der Waals surface area contributed by atoms with Gasteiger partial charge < -0.3 is 15.0 Å². The summed E-state index contributed by atoms with van der Waals surface area (Å²) >= 11 is 0. The van der Waals surface area contributed by atoms with Crippen molar-refractivity contribution in [1.29, 1.82) is 0 Å². The Hall–Kier alpha value is -1.71. The molecule has 0 aromatic heterocycles. The molecule has 2 rings (SSSR count). The van der Waals surface area contributed by atoms with Crippen LogP contribution >= 0.6 is 0 Å². The van der Waals surface area contributed by atoms with E-state index in [0.29, 0.717) is 6.54 Å². The van der Waals surface area contributed by atoms with Gasteiger partial charge in [0.15, 0.2) is 0 Å². The van der Waals surface area contributed by atoms with Crippen molar-refractivity contribution in [2.45, 2.75) is 19.4 Å². The van der Waals surface area contributed by atoms with Crippen molar-refractivity contribution in [3.05, 3.63) is 24.3 Å². The molecule has 0 saturated carbocycles. The molecule has 1 N–H and O–H groups in total. The molecule has 1 aliphatic heterocycles. The van der Waals surface area contributed by atoms with Crippen molar-refractivity contribution >= 4 is 11.6 Å². The summed E-state index contributed by atoms with van der Waals surface area (Å²) in [5, 5.41) is 2.97. The van der Waals surface area contributed by atoms with Gasteiger partial charge in [-0.15, -0.1) is 0 Å². The standard InChI is InChI=1S/C13H18N2O2/c1-13(2)9-15(8-12(16)14-13)10-4-6-11(17-3)7-5-10/h4-7H,8-9H2,1-3H3,(H,14,16). The van der Waals surface area contributed by atoms with Crippen molar-refractivity contribution in [3.63, 3.8) is 0 Å². The summed E-state index contributed by atoms with van der Waals surface area (Å²) in [6.45, 7) is 5.28. The number of rotatable bonds is 2. The van der Waals surface area contributed by atoms with Crippen LogP contribution in [0.25, 0.3) is 0 Å². The largest absolute Gasteiger partial charge is 0.497 e. The molecule has 1 aromatic rings. The van der Waals surface area contributed by atoms with Gasteiger partial charge in [0.25, 0.3) is 0 Å². The minimum absolute atomic E-state index is 0.0667. The maximum absolute atomic E-state index is 11.6. The lowest BCUT2D eigenvalue weighted by molar-refractivity contribution is -0.122. The fourth-order valence-electron chi connectivity index (χ4n) is 2.14. The third-order valence-electron chi connectivity index (χ3n) is 2.84. The first kappa shape index (κ1) is 11.8. The summed E-state index contributed by atoms with van der Waals surface area (Å²) in [4.78, 5) is 13.7. The van der Waals surface area contributed by atoms with Gasteiger partial charge in [-0.3, -0.25) is 4.79 Å². The number of hydrogen-bond acceptors (Lipinski definition) is 3. The van der Waals surface area contributed by atoms with Crippen molar-refractivity contribution < 1.29 is 9.53 Å². The van der Waals surface area contributed by atoms with Crippen molar-refractivity contribution in [3.8, 4) is 5.75 Å². The molecule has 0 unspecified atom stereocenters. The zero-order chi connectivity index (χ0) is 12.5. The molecule has 17 heavy (non-hydrogen) atoms. The lowest BCUT2D eigenvalue weighted by Crippen LogP contribution is -2.60. The minimum Gasteiger partial charge on any atom is -0.497 e. The number of piperazine rings is 1.